The summed E-state index contributed by atoms with van der Waals surface area (Å²) in [5.41, 5.74) is 2.71. The highest BCUT2D eigenvalue weighted by Crippen LogP contribution is 2.29. The average Bonchev–Trinajstić information content (AvgIpc) is 2.86. The van der Waals surface area contributed by atoms with Crippen LogP contribution in [-0.4, -0.2) is 42.5 Å². The number of hydrogen-bond acceptors (Lipinski definition) is 2. The summed E-state index contributed by atoms with van der Waals surface area (Å²) in [6, 6.07) is 9.88. The molecule has 0 saturated carbocycles. The van der Waals surface area contributed by atoms with Crippen LogP contribution < -0.4 is 5.32 Å². The van der Waals surface area contributed by atoms with Crippen molar-refractivity contribution in [2.24, 2.45) is 0 Å². The van der Waals surface area contributed by atoms with Gasteiger partial charge in [0, 0.05) is 36.7 Å². The van der Waals surface area contributed by atoms with Crippen LogP contribution in [0.5, 0.6) is 0 Å². The molecule has 0 aliphatic carbocycles. The number of hydrogen-bond donors (Lipinski definition) is 1. The van der Waals surface area contributed by atoms with Crippen molar-refractivity contribution < 1.29 is 9.18 Å². The van der Waals surface area contributed by atoms with Crippen molar-refractivity contribution in [2.75, 3.05) is 26.7 Å². The summed E-state index contributed by atoms with van der Waals surface area (Å²) >= 11 is 12.2. The zero-order valence-electron chi connectivity index (χ0n) is 16.0. The normalized spacial score (nSPS) is 17.3. The molecule has 7 heteroatoms. The first-order valence-corrected chi connectivity index (χ1v) is 10.0. The first kappa shape index (κ1) is 20.9. The van der Waals surface area contributed by atoms with Gasteiger partial charge in [0.25, 0.3) is 0 Å². The first-order chi connectivity index (χ1) is 13.3. The first-order valence-electron chi connectivity index (χ1n) is 9.28. The molecule has 4 nitrogen and oxygen atoms in total. The topological polar surface area (TPSA) is 35.6 Å². The summed E-state index contributed by atoms with van der Waals surface area (Å²) in [4.78, 5) is 16.8. The molecule has 1 fully saturated rings. The molecule has 1 aliphatic heterocycles. The van der Waals surface area contributed by atoms with Crippen molar-refractivity contribution >= 4 is 29.2 Å². The van der Waals surface area contributed by atoms with E-state index in [2.05, 4.69) is 5.32 Å². The van der Waals surface area contributed by atoms with Gasteiger partial charge in [-0.3, -0.25) is 0 Å². The van der Waals surface area contributed by atoms with Gasteiger partial charge in [-0.05, 0) is 66.9 Å². The van der Waals surface area contributed by atoms with Crippen LogP contribution in [0, 0.1) is 12.7 Å². The number of carbonyl (C=O) groups is 1. The van der Waals surface area contributed by atoms with Gasteiger partial charge in [0.1, 0.15) is 5.82 Å². The molecule has 2 aromatic rings. The lowest BCUT2D eigenvalue weighted by Gasteiger charge is -2.34. The summed E-state index contributed by atoms with van der Waals surface area (Å²) in [6.07, 6.45) is 0.773. The molecule has 0 aromatic heterocycles. The quantitative estimate of drug-likeness (QED) is 0.751. The Bertz CT molecular complexity index is 841. The fourth-order valence-corrected chi connectivity index (χ4v) is 4.27. The molecule has 1 N–H and O–H groups in total. The van der Waals surface area contributed by atoms with Crippen LogP contribution in [-0.2, 0) is 6.54 Å². The van der Waals surface area contributed by atoms with E-state index >= 15 is 0 Å². The maximum Gasteiger partial charge on any atom is 0.320 e. The number of aryl methyl sites for hydroxylation is 1. The molecule has 0 unspecified atom stereocenters. The molecule has 1 saturated heterocycles. The largest absolute Gasteiger partial charge is 0.323 e. The van der Waals surface area contributed by atoms with Crippen molar-refractivity contribution in [1.82, 2.24) is 15.1 Å². The van der Waals surface area contributed by atoms with Crippen LogP contribution in [0.2, 0.25) is 10.0 Å². The lowest BCUT2D eigenvalue weighted by Crippen LogP contribution is -2.44. The van der Waals surface area contributed by atoms with Gasteiger partial charge >= 0.3 is 6.03 Å². The van der Waals surface area contributed by atoms with E-state index in [9.17, 15) is 9.18 Å². The number of amides is 2. The van der Waals surface area contributed by atoms with Crippen LogP contribution >= 0.6 is 23.2 Å². The molecule has 3 rings (SSSR count). The van der Waals surface area contributed by atoms with E-state index in [1.54, 1.807) is 24.1 Å². The van der Waals surface area contributed by atoms with Gasteiger partial charge in [0.15, 0.2) is 0 Å². The van der Waals surface area contributed by atoms with Gasteiger partial charge in [-0.15, -0.1) is 0 Å². The Labute approximate surface area is 175 Å². The van der Waals surface area contributed by atoms with Crippen molar-refractivity contribution in [2.45, 2.75) is 25.9 Å². The predicted octanol–water partition coefficient (Wildman–Crippen LogP) is 5.03. The molecule has 1 aliphatic rings. The lowest BCUT2D eigenvalue weighted by atomic mass is 9.97. The molecule has 28 heavy (non-hydrogen) atoms. The Morgan fingerprint density at radius 3 is 2.61 bits per heavy atom. The van der Waals surface area contributed by atoms with Gasteiger partial charge in [0.05, 0.1) is 6.04 Å². The van der Waals surface area contributed by atoms with E-state index in [0.29, 0.717) is 23.1 Å². The number of nitrogens with zero attached hydrogens (tertiary/aromatic N) is 2. The van der Waals surface area contributed by atoms with Crippen molar-refractivity contribution in [3.05, 3.63) is 69.0 Å². The number of carbonyl (C=O) groups excluding carboxylic acids is 1. The Morgan fingerprint density at radius 2 is 1.93 bits per heavy atom. The van der Waals surface area contributed by atoms with Crippen molar-refractivity contribution in [3.63, 3.8) is 0 Å². The zero-order chi connectivity index (χ0) is 20.3. The standard InChI is InChI=1S/C21H24Cl2FN3O/c1-14-9-18(24)3-4-19(14)20-5-6-25-7-8-27(20)21(28)26(2)13-15-10-16(22)12-17(23)11-15/h3-4,9-12,20,25H,5-8,13H2,1-2H3/t20-/m1/s1. The Balaban J connectivity index is 1.83. The molecule has 0 bridgehead atoms. The highest BCUT2D eigenvalue weighted by atomic mass is 35.5. The highest BCUT2D eigenvalue weighted by molar-refractivity contribution is 6.34. The van der Waals surface area contributed by atoms with Gasteiger partial charge < -0.3 is 15.1 Å². The second kappa shape index (κ2) is 9.12. The maximum atomic E-state index is 13.6. The highest BCUT2D eigenvalue weighted by Gasteiger charge is 2.29. The van der Waals surface area contributed by atoms with E-state index in [1.165, 1.54) is 12.1 Å². The average molecular weight is 424 g/mol. The summed E-state index contributed by atoms with van der Waals surface area (Å²) in [6.45, 7) is 4.40. The molecule has 0 spiro atoms. The van der Waals surface area contributed by atoms with E-state index in [4.69, 9.17) is 23.2 Å². The van der Waals surface area contributed by atoms with Crippen LogP contribution in [0.3, 0.4) is 0 Å². The molecule has 0 radical (unpaired) electrons. The Morgan fingerprint density at radius 1 is 1.21 bits per heavy atom. The Hall–Kier alpha value is -1.82. The fourth-order valence-electron chi connectivity index (χ4n) is 3.70. The van der Waals surface area contributed by atoms with Crippen LogP contribution in [0.25, 0.3) is 0 Å². The SMILES string of the molecule is Cc1cc(F)ccc1[C@H]1CCNCCN1C(=O)N(C)Cc1cc(Cl)cc(Cl)c1. The third-order valence-electron chi connectivity index (χ3n) is 5.01. The zero-order valence-corrected chi connectivity index (χ0v) is 17.5. The van der Waals surface area contributed by atoms with Crippen molar-refractivity contribution in [1.29, 1.82) is 0 Å². The minimum atomic E-state index is -0.263. The van der Waals surface area contributed by atoms with Crippen LogP contribution in [0.15, 0.2) is 36.4 Å². The van der Waals surface area contributed by atoms with Gasteiger partial charge in [-0.2, -0.15) is 0 Å². The summed E-state index contributed by atoms with van der Waals surface area (Å²) in [7, 11) is 1.77. The summed E-state index contributed by atoms with van der Waals surface area (Å²) in [5, 5.41) is 4.43. The van der Waals surface area contributed by atoms with Crippen LogP contribution in [0.1, 0.15) is 29.2 Å². The minimum absolute atomic E-state index is 0.0754. The van der Waals surface area contributed by atoms with Gasteiger partial charge in [-0.1, -0.05) is 29.3 Å². The third-order valence-corrected chi connectivity index (χ3v) is 5.44. The summed E-state index contributed by atoms with van der Waals surface area (Å²) in [5.74, 6) is -0.263. The molecule has 150 valence electrons. The minimum Gasteiger partial charge on any atom is -0.323 e. The number of nitrogens with one attached hydrogen (secondary N) is 1. The van der Waals surface area contributed by atoms with E-state index in [1.807, 2.05) is 24.0 Å². The molecular weight excluding hydrogens is 400 g/mol. The Kier molecular flexibility index (Phi) is 6.81. The molecular formula is C21H24Cl2FN3O. The second-order valence-electron chi connectivity index (χ2n) is 7.17. The second-order valence-corrected chi connectivity index (χ2v) is 8.04. The van der Waals surface area contributed by atoms with Gasteiger partial charge in [-0.25, -0.2) is 9.18 Å². The molecule has 2 amide bonds. The molecule has 1 heterocycles. The number of rotatable bonds is 3. The molecule has 2 aromatic carbocycles. The van der Waals surface area contributed by atoms with E-state index < -0.39 is 0 Å². The predicted molar refractivity (Wildman–Crippen MR) is 111 cm³/mol. The number of urea groups is 1. The molecule has 1 atom stereocenters. The summed E-state index contributed by atoms with van der Waals surface area (Å²) < 4.78 is 13.6. The fraction of sp³-hybridized carbons (Fsp3) is 0.381. The lowest BCUT2D eigenvalue weighted by molar-refractivity contribution is 0.142. The number of benzene rings is 2. The monoisotopic (exact) mass is 423 g/mol. The maximum absolute atomic E-state index is 13.6. The van der Waals surface area contributed by atoms with E-state index in [0.717, 1.165) is 36.2 Å². The van der Waals surface area contributed by atoms with Gasteiger partial charge in [0.2, 0.25) is 0 Å². The third kappa shape index (κ3) is 4.96. The number of halogens is 3. The van der Waals surface area contributed by atoms with E-state index in [-0.39, 0.29) is 17.9 Å². The van der Waals surface area contributed by atoms with Crippen LogP contribution in [0.4, 0.5) is 9.18 Å². The smallest absolute Gasteiger partial charge is 0.320 e. The van der Waals surface area contributed by atoms with Crippen molar-refractivity contribution in [3.8, 4) is 0 Å².